The molecule has 2 aliphatic heterocycles. The minimum atomic E-state index is -0.493. The Labute approximate surface area is 167 Å². The molecule has 28 heavy (non-hydrogen) atoms. The van der Waals surface area contributed by atoms with E-state index >= 15 is 0 Å². The maximum absolute atomic E-state index is 13.0. The smallest absolute Gasteiger partial charge is 0.338 e. The van der Waals surface area contributed by atoms with Gasteiger partial charge < -0.3 is 10.1 Å². The number of amides is 2. The van der Waals surface area contributed by atoms with E-state index in [4.69, 9.17) is 4.74 Å². The Morgan fingerprint density at radius 1 is 1.21 bits per heavy atom. The monoisotopic (exact) mass is 385 g/mol. The van der Waals surface area contributed by atoms with Crippen LogP contribution < -0.4 is 5.32 Å². The fraction of sp³-hybridized carbons (Fsp3) is 0.545. The number of likely N-dealkylation sites (tertiary alicyclic amines) is 1. The van der Waals surface area contributed by atoms with Gasteiger partial charge in [0.25, 0.3) is 0 Å². The molecule has 3 rings (SSSR count). The number of carbonyl (C=O) groups excluding carboxylic acids is 2. The van der Waals surface area contributed by atoms with Gasteiger partial charge in [-0.15, -0.1) is 0 Å². The van der Waals surface area contributed by atoms with Gasteiger partial charge in [-0.3, -0.25) is 9.80 Å². The summed E-state index contributed by atoms with van der Waals surface area (Å²) in [6.07, 6.45) is 2.31. The molecule has 1 aromatic carbocycles. The number of hydrogen-bond donors (Lipinski definition) is 1. The molecule has 0 saturated carbocycles. The Morgan fingerprint density at radius 3 is 2.54 bits per heavy atom. The van der Waals surface area contributed by atoms with E-state index in [-0.39, 0.29) is 12.0 Å². The van der Waals surface area contributed by atoms with Crippen LogP contribution in [-0.2, 0) is 9.53 Å². The van der Waals surface area contributed by atoms with Gasteiger partial charge in [0, 0.05) is 18.8 Å². The van der Waals surface area contributed by atoms with Crippen LogP contribution in [0.1, 0.15) is 49.4 Å². The number of carbonyl (C=O) groups is 2. The van der Waals surface area contributed by atoms with Crippen LogP contribution in [0.25, 0.3) is 0 Å². The molecule has 1 atom stereocenters. The minimum Gasteiger partial charge on any atom is -0.463 e. The SMILES string of the molecule is CCOC(=O)C1=C(CN2CCCC2)N(CC)C(=O)NC1c1ccc(C)cc1C. The number of urea groups is 1. The van der Waals surface area contributed by atoms with Crippen LogP contribution in [0.4, 0.5) is 4.79 Å². The number of benzene rings is 1. The summed E-state index contributed by atoms with van der Waals surface area (Å²) in [4.78, 5) is 29.9. The molecule has 0 aliphatic carbocycles. The van der Waals surface area contributed by atoms with Gasteiger partial charge in [0.15, 0.2) is 0 Å². The summed E-state index contributed by atoms with van der Waals surface area (Å²) in [7, 11) is 0. The van der Waals surface area contributed by atoms with Gasteiger partial charge in [-0.2, -0.15) is 0 Å². The number of nitrogens with one attached hydrogen (secondary N) is 1. The fourth-order valence-corrected chi connectivity index (χ4v) is 4.19. The van der Waals surface area contributed by atoms with Crippen molar-refractivity contribution in [2.75, 3.05) is 32.8 Å². The molecule has 0 radical (unpaired) electrons. The van der Waals surface area contributed by atoms with Crippen molar-refractivity contribution in [2.24, 2.45) is 0 Å². The topological polar surface area (TPSA) is 61.9 Å². The zero-order valence-electron chi connectivity index (χ0n) is 17.4. The maximum atomic E-state index is 13.0. The number of hydrogen-bond acceptors (Lipinski definition) is 4. The average molecular weight is 386 g/mol. The van der Waals surface area contributed by atoms with Gasteiger partial charge in [0.1, 0.15) is 0 Å². The number of nitrogens with zero attached hydrogens (tertiary/aromatic N) is 2. The minimum absolute atomic E-state index is 0.158. The summed E-state index contributed by atoms with van der Waals surface area (Å²) in [5.41, 5.74) is 4.48. The second-order valence-corrected chi connectivity index (χ2v) is 7.55. The highest BCUT2D eigenvalue weighted by molar-refractivity contribution is 5.95. The maximum Gasteiger partial charge on any atom is 0.338 e. The van der Waals surface area contributed by atoms with E-state index < -0.39 is 6.04 Å². The molecule has 1 fully saturated rings. The predicted octanol–water partition coefficient (Wildman–Crippen LogP) is 3.30. The lowest BCUT2D eigenvalue weighted by Crippen LogP contribution is -2.50. The number of aryl methyl sites for hydroxylation is 2. The largest absolute Gasteiger partial charge is 0.463 e. The summed E-state index contributed by atoms with van der Waals surface area (Å²) in [6.45, 7) is 11.2. The summed E-state index contributed by atoms with van der Waals surface area (Å²) in [5.74, 6) is -0.347. The van der Waals surface area contributed by atoms with E-state index in [1.54, 1.807) is 4.90 Å². The van der Waals surface area contributed by atoms with Crippen molar-refractivity contribution in [2.45, 2.75) is 46.6 Å². The molecular weight excluding hydrogens is 354 g/mol. The second-order valence-electron chi connectivity index (χ2n) is 7.55. The van der Waals surface area contributed by atoms with Crippen molar-refractivity contribution in [1.82, 2.24) is 15.1 Å². The Kier molecular flexibility index (Phi) is 6.39. The molecular formula is C22H31N3O3. The second kappa shape index (κ2) is 8.78. The summed E-state index contributed by atoms with van der Waals surface area (Å²) >= 11 is 0. The van der Waals surface area contributed by atoms with E-state index in [1.165, 1.54) is 0 Å². The van der Waals surface area contributed by atoms with Crippen molar-refractivity contribution in [1.29, 1.82) is 0 Å². The van der Waals surface area contributed by atoms with Crippen LogP contribution in [-0.4, -0.2) is 54.6 Å². The Hall–Kier alpha value is -2.34. The molecule has 1 aromatic rings. The van der Waals surface area contributed by atoms with E-state index in [2.05, 4.69) is 16.3 Å². The molecule has 1 saturated heterocycles. The lowest BCUT2D eigenvalue weighted by Gasteiger charge is -2.38. The summed E-state index contributed by atoms with van der Waals surface area (Å²) in [5, 5.41) is 3.05. The average Bonchev–Trinajstić information content (AvgIpc) is 3.15. The normalized spacial score (nSPS) is 20.5. The van der Waals surface area contributed by atoms with E-state index in [0.29, 0.717) is 25.3 Å². The number of likely N-dealkylation sites (N-methyl/N-ethyl adjacent to an activating group) is 1. The predicted molar refractivity (Wildman–Crippen MR) is 109 cm³/mol. The zero-order chi connectivity index (χ0) is 20.3. The number of ether oxygens (including phenoxy) is 1. The first kappa shape index (κ1) is 20.4. The molecule has 0 aromatic heterocycles. The van der Waals surface area contributed by atoms with E-state index in [1.807, 2.05) is 39.8 Å². The van der Waals surface area contributed by atoms with Gasteiger partial charge in [-0.25, -0.2) is 9.59 Å². The first-order valence-electron chi connectivity index (χ1n) is 10.2. The zero-order valence-corrected chi connectivity index (χ0v) is 17.4. The lowest BCUT2D eigenvalue weighted by molar-refractivity contribution is -0.139. The molecule has 2 amide bonds. The summed E-state index contributed by atoms with van der Waals surface area (Å²) < 4.78 is 5.43. The fourth-order valence-electron chi connectivity index (χ4n) is 4.19. The third-order valence-electron chi connectivity index (χ3n) is 5.56. The quantitative estimate of drug-likeness (QED) is 0.763. The molecule has 2 aliphatic rings. The molecule has 6 nitrogen and oxygen atoms in total. The third kappa shape index (κ3) is 4.07. The van der Waals surface area contributed by atoms with Gasteiger partial charge in [0.05, 0.1) is 18.2 Å². The van der Waals surface area contributed by atoms with Crippen molar-refractivity contribution in [3.63, 3.8) is 0 Å². The van der Waals surface area contributed by atoms with Crippen molar-refractivity contribution in [3.05, 3.63) is 46.2 Å². The Morgan fingerprint density at radius 2 is 1.93 bits per heavy atom. The molecule has 0 spiro atoms. The highest BCUT2D eigenvalue weighted by atomic mass is 16.5. The summed E-state index contributed by atoms with van der Waals surface area (Å²) in [6, 6.07) is 5.45. The number of rotatable bonds is 6. The van der Waals surface area contributed by atoms with Crippen LogP contribution in [0.15, 0.2) is 29.5 Å². The van der Waals surface area contributed by atoms with Gasteiger partial charge in [0.2, 0.25) is 0 Å². The first-order chi connectivity index (χ1) is 13.5. The van der Waals surface area contributed by atoms with Crippen molar-refractivity contribution >= 4 is 12.0 Å². The van der Waals surface area contributed by atoms with Gasteiger partial charge >= 0.3 is 12.0 Å². The molecule has 0 bridgehead atoms. The molecule has 2 heterocycles. The molecule has 1 N–H and O–H groups in total. The van der Waals surface area contributed by atoms with Crippen LogP contribution in [0.2, 0.25) is 0 Å². The third-order valence-corrected chi connectivity index (χ3v) is 5.56. The number of esters is 1. The van der Waals surface area contributed by atoms with Crippen LogP contribution in [0, 0.1) is 13.8 Å². The highest BCUT2D eigenvalue weighted by Gasteiger charge is 2.38. The highest BCUT2D eigenvalue weighted by Crippen LogP contribution is 2.34. The van der Waals surface area contributed by atoms with Gasteiger partial charge in [-0.05, 0) is 64.8 Å². The van der Waals surface area contributed by atoms with E-state index in [9.17, 15) is 9.59 Å². The molecule has 152 valence electrons. The Balaban J connectivity index is 2.12. The first-order valence-corrected chi connectivity index (χ1v) is 10.2. The molecule has 6 heteroatoms. The van der Waals surface area contributed by atoms with E-state index in [0.717, 1.165) is 48.3 Å². The standard InChI is InChI=1S/C22H31N3O3/c1-5-25-18(14-24-11-7-8-12-24)19(21(26)28-6-2)20(23-22(25)27)17-10-9-15(3)13-16(17)4/h9-10,13,20H,5-8,11-12,14H2,1-4H3,(H,23,27). The van der Waals surface area contributed by atoms with Crippen molar-refractivity contribution < 1.29 is 14.3 Å². The van der Waals surface area contributed by atoms with Crippen LogP contribution in [0.5, 0.6) is 0 Å². The van der Waals surface area contributed by atoms with Crippen molar-refractivity contribution in [3.8, 4) is 0 Å². The van der Waals surface area contributed by atoms with Crippen LogP contribution >= 0.6 is 0 Å². The molecule has 1 unspecified atom stereocenters. The lowest BCUT2D eigenvalue weighted by atomic mass is 9.90. The van der Waals surface area contributed by atoms with Gasteiger partial charge in [-0.1, -0.05) is 23.8 Å². The Bertz CT molecular complexity index is 781. The van der Waals surface area contributed by atoms with Crippen LogP contribution in [0.3, 0.4) is 0 Å².